The molecule has 0 aliphatic rings. The Labute approximate surface area is 143 Å². The van der Waals surface area contributed by atoms with Crippen LogP contribution in [0.4, 0.5) is 0 Å². The summed E-state index contributed by atoms with van der Waals surface area (Å²) in [6.45, 7) is 5.12. The molecule has 1 atom stereocenters. The van der Waals surface area contributed by atoms with E-state index >= 15 is 0 Å². The predicted molar refractivity (Wildman–Crippen MR) is 95.4 cm³/mol. The van der Waals surface area contributed by atoms with Crippen LogP contribution in [0.15, 0.2) is 60.7 Å². The van der Waals surface area contributed by atoms with Crippen LogP contribution in [0.2, 0.25) is 0 Å². The maximum Gasteiger partial charge on any atom is 0.249 e. The van der Waals surface area contributed by atoms with Gasteiger partial charge in [0.15, 0.2) is 0 Å². The highest BCUT2D eigenvalue weighted by Crippen LogP contribution is 2.16. The van der Waals surface area contributed by atoms with Crippen LogP contribution in [0.5, 0.6) is 0 Å². The van der Waals surface area contributed by atoms with Crippen LogP contribution in [0.1, 0.15) is 31.0 Å². The molecule has 2 amide bonds. The van der Waals surface area contributed by atoms with Gasteiger partial charge < -0.3 is 10.2 Å². The molecule has 4 nitrogen and oxygen atoms in total. The maximum atomic E-state index is 12.8. The van der Waals surface area contributed by atoms with E-state index in [1.807, 2.05) is 74.5 Å². The van der Waals surface area contributed by atoms with Gasteiger partial charge in [-0.15, -0.1) is 0 Å². The van der Waals surface area contributed by atoms with Crippen molar-refractivity contribution in [2.45, 2.75) is 26.3 Å². The summed E-state index contributed by atoms with van der Waals surface area (Å²) in [6, 6.07) is 18.3. The van der Waals surface area contributed by atoms with Crippen molar-refractivity contribution in [2.24, 2.45) is 0 Å². The van der Waals surface area contributed by atoms with E-state index in [9.17, 15) is 9.59 Å². The molecule has 0 radical (unpaired) electrons. The van der Waals surface area contributed by atoms with Gasteiger partial charge in [0.1, 0.15) is 6.04 Å². The molecule has 2 rings (SSSR count). The molecule has 0 spiro atoms. The van der Waals surface area contributed by atoms with Crippen LogP contribution in [0, 0.1) is 0 Å². The highest BCUT2D eigenvalue weighted by atomic mass is 16.2. The monoisotopic (exact) mass is 324 g/mol. The minimum absolute atomic E-state index is 0.0763. The van der Waals surface area contributed by atoms with Crippen molar-refractivity contribution in [3.05, 3.63) is 71.8 Å². The first-order valence-electron chi connectivity index (χ1n) is 8.32. The van der Waals surface area contributed by atoms with Crippen molar-refractivity contribution in [2.75, 3.05) is 13.1 Å². The highest BCUT2D eigenvalue weighted by Gasteiger charge is 2.25. The molecule has 2 aromatic carbocycles. The van der Waals surface area contributed by atoms with Crippen molar-refractivity contribution in [1.29, 1.82) is 0 Å². The number of hydrogen-bond donors (Lipinski definition) is 1. The van der Waals surface area contributed by atoms with Gasteiger partial charge in [0.2, 0.25) is 11.8 Å². The number of carbonyl (C=O) groups is 2. The van der Waals surface area contributed by atoms with E-state index in [1.165, 1.54) is 0 Å². The summed E-state index contributed by atoms with van der Waals surface area (Å²) in [5.74, 6) is -0.233. The Bertz CT molecular complexity index is 652. The van der Waals surface area contributed by atoms with Crippen molar-refractivity contribution < 1.29 is 9.59 Å². The molecule has 1 N–H and O–H groups in total. The van der Waals surface area contributed by atoms with Gasteiger partial charge in [-0.1, -0.05) is 60.7 Å². The number of rotatable bonds is 7. The molecule has 0 aliphatic heterocycles. The molecular weight excluding hydrogens is 300 g/mol. The third-order valence-corrected chi connectivity index (χ3v) is 3.97. The van der Waals surface area contributed by atoms with Gasteiger partial charge in [-0.3, -0.25) is 9.59 Å². The van der Waals surface area contributed by atoms with E-state index < -0.39 is 6.04 Å². The topological polar surface area (TPSA) is 49.4 Å². The molecule has 2 aromatic rings. The Hall–Kier alpha value is -2.62. The lowest BCUT2D eigenvalue weighted by Crippen LogP contribution is -2.43. The van der Waals surface area contributed by atoms with E-state index in [2.05, 4.69) is 5.32 Å². The van der Waals surface area contributed by atoms with Gasteiger partial charge in [0, 0.05) is 13.1 Å². The zero-order chi connectivity index (χ0) is 17.4. The minimum atomic E-state index is -0.651. The first-order chi connectivity index (χ1) is 11.7. The number of nitrogens with zero attached hydrogens (tertiary/aromatic N) is 1. The second kappa shape index (κ2) is 8.87. The fourth-order valence-electron chi connectivity index (χ4n) is 2.64. The Balaban J connectivity index is 2.17. The first-order valence-corrected chi connectivity index (χ1v) is 8.32. The minimum Gasteiger partial charge on any atom is -0.341 e. The molecule has 126 valence electrons. The normalized spacial score (nSPS) is 11.6. The largest absolute Gasteiger partial charge is 0.341 e. The average Bonchev–Trinajstić information content (AvgIpc) is 2.62. The maximum absolute atomic E-state index is 12.8. The Kier molecular flexibility index (Phi) is 6.55. The van der Waals surface area contributed by atoms with E-state index in [0.29, 0.717) is 13.1 Å². The van der Waals surface area contributed by atoms with E-state index in [1.54, 1.807) is 4.90 Å². The SMILES string of the molecule is CCN(CC)C(=O)[C@@H](NC(=O)Cc1ccccc1)c1ccccc1. The lowest BCUT2D eigenvalue weighted by molar-refractivity contribution is -0.136. The molecule has 0 aromatic heterocycles. The Morgan fingerprint density at radius 2 is 1.46 bits per heavy atom. The van der Waals surface area contributed by atoms with Crippen LogP contribution >= 0.6 is 0 Å². The second-order valence-corrected chi connectivity index (χ2v) is 5.58. The lowest BCUT2D eigenvalue weighted by atomic mass is 10.0. The van der Waals surface area contributed by atoms with Crippen molar-refractivity contribution >= 4 is 11.8 Å². The Morgan fingerprint density at radius 3 is 2.00 bits per heavy atom. The molecule has 24 heavy (non-hydrogen) atoms. The summed E-state index contributed by atoms with van der Waals surface area (Å²) in [7, 11) is 0. The van der Waals surface area contributed by atoms with Gasteiger partial charge >= 0.3 is 0 Å². The molecule has 0 aliphatic carbocycles. The summed E-state index contributed by atoms with van der Waals surface area (Å²) >= 11 is 0. The smallest absolute Gasteiger partial charge is 0.249 e. The number of carbonyl (C=O) groups excluding carboxylic acids is 2. The molecule has 0 heterocycles. The van der Waals surface area contributed by atoms with Gasteiger partial charge in [0.05, 0.1) is 6.42 Å². The van der Waals surface area contributed by atoms with E-state index in [0.717, 1.165) is 11.1 Å². The Morgan fingerprint density at radius 1 is 0.917 bits per heavy atom. The zero-order valence-corrected chi connectivity index (χ0v) is 14.2. The number of amides is 2. The van der Waals surface area contributed by atoms with Gasteiger partial charge in [-0.05, 0) is 25.0 Å². The fourth-order valence-corrected chi connectivity index (χ4v) is 2.64. The second-order valence-electron chi connectivity index (χ2n) is 5.58. The molecule has 0 saturated heterocycles. The van der Waals surface area contributed by atoms with Crippen molar-refractivity contribution in [3.8, 4) is 0 Å². The first kappa shape index (κ1) is 17.7. The van der Waals surface area contributed by atoms with Gasteiger partial charge in [-0.2, -0.15) is 0 Å². The standard InChI is InChI=1S/C20H24N2O2/c1-3-22(4-2)20(24)19(17-13-9-6-10-14-17)21-18(23)15-16-11-7-5-8-12-16/h5-14,19H,3-4,15H2,1-2H3,(H,21,23)/t19-/m0/s1. The number of hydrogen-bond acceptors (Lipinski definition) is 2. The van der Waals surface area contributed by atoms with Crippen LogP contribution in [-0.4, -0.2) is 29.8 Å². The lowest BCUT2D eigenvalue weighted by Gasteiger charge is -2.26. The molecule has 0 unspecified atom stereocenters. The summed E-state index contributed by atoms with van der Waals surface area (Å²) in [5, 5.41) is 2.90. The molecular formula is C20H24N2O2. The summed E-state index contributed by atoms with van der Waals surface area (Å²) < 4.78 is 0. The highest BCUT2D eigenvalue weighted by molar-refractivity contribution is 5.89. The summed E-state index contributed by atoms with van der Waals surface area (Å²) in [5.41, 5.74) is 1.73. The van der Waals surface area contributed by atoms with E-state index in [-0.39, 0.29) is 18.2 Å². The van der Waals surface area contributed by atoms with Crippen LogP contribution in [0.3, 0.4) is 0 Å². The molecule has 4 heteroatoms. The molecule has 0 fully saturated rings. The van der Waals surface area contributed by atoms with Crippen LogP contribution in [0.25, 0.3) is 0 Å². The number of likely N-dealkylation sites (N-methyl/N-ethyl adjacent to an activating group) is 1. The number of nitrogens with one attached hydrogen (secondary N) is 1. The average molecular weight is 324 g/mol. The molecule has 0 saturated carbocycles. The van der Waals surface area contributed by atoms with Gasteiger partial charge in [0.25, 0.3) is 0 Å². The zero-order valence-electron chi connectivity index (χ0n) is 14.2. The van der Waals surface area contributed by atoms with Crippen LogP contribution < -0.4 is 5.32 Å². The fraction of sp³-hybridized carbons (Fsp3) is 0.300. The van der Waals surface area contributed by atoms with Gasteiger partial charge in [-0.25, -0.2) is 0 Å². The number of benzene rings is 2. The van der Waals surface area contributed by atoms with Crippen molar-refractivity contribution in [1.82, 2.24) is 10.2 Å². The van der Waals surface area contributed by atoms with Crippen LogP contribution in [-0.2, 0) is 16.0 Å². The summed E-state index contributed by atoms with van der Waals surface area (Å²) in [4.78, 5) is 27.0. The quantitative estimate of drug-likeness (QED) is 0.851. The van der Waals surface area contributed by atoms with E-state index in [4.69, 9.17) is 0 Å². The third kappa shape index (κ3) is 4.69. The predicted octanol–water partition coefficient (Wildman–Crippen LogP) is 2.96. The van der Waals surface area contributed by atoms with Crippen molar-refractivity contribution in [3.63, 3.8) is 0 Å². The summed E-state index contributed by atoms with van der Waals surface area (Å²) in [6.07, 6.45) is 0.260. The molecule has 0 bridgehead atoms. The third-order valence-electron chi connectivity index (χ3n) is 3.97.